The van der Waals surface area contributed by atoms with Crippen molar-refractivity contribution in [1.29, 1.82) is 0 Å². The van der Waals surface area contributed by atoms with Gasteiger partial charge in [-0.1, -0.05) is 0 Å². The number of nitro groups is 1. The van der Waals surface area contributed by atoms with Gasteiger partial charge in [-0.3, -0.25) is 14.9 Å². The molecule has 0 amide bonds. The zero-order valence-electron chi connectivity index (χ0n) is 14.6. The molecule has 0 aliphatic carbocycles. The molecule has 10 heteroatoms. The Morgan fingerprint density at radius 2 is 2.00 bits per heavy atom. The zero-order chi connectivity index (χ0) is 18.5. The Hall–Kier alpha value is -2.78. The van der Waals surface area contributed by atoms with E-state index in [0.717, 1.165) is 0 Å². The van der Waals surface area contributed by atoms with E-state index >= 15 is 0 Å². The normalized spacial score (nSPS) is 11.4. The molecular formula is C14H21N5O5. The number of aliphatic imine (C=N–C) groups is 1. The summed E-state index contributed by atoms with van der Waals surface area (Å²) >= 11 is 0. The predicted octanol–water partition coefficient (Wildman–Crippen LogP) is 1.84. The lowest BCUT2D eigenvalue weighted by atomic mass is 9.98. The highest BCUT2D eigenvalue weighted by molar-refractivity contribution is 5.75. The highest BCUT2D eigenvalue weighted by Gasteiger charge is 2.26. The fourth-order valence-corrected chi connectivity index (χ4v) is 1.42. The molecule has 0 aliphatic heterocycles. The molecule has 0 radical (unpaired) electrons. The molecule has 1 rings (SSSR count). The number of aromatic nitrogens is 2. The maximum absolute atomic E-state index is 11.7. The van der Waals surface area contributed by atoms with Crippen LogP contribution in [-0.4, -0.2) is 53.0 Å². The third-order valence-corrected chi connectivity index (χ3v) is 2.60. The lowest BCUT2D eigenvalue weighted by molar-refractivity contribution is -0.387. The number of esters is 1. The summed E-state index contributed by atoms with van der Waals surface area (Å²) in [5.74, 6) is -0.800. The molecule has 132 valence electrons. The van der Waals surface area contributed by atoms with Crippen molar-refractivity contribution >= 4 is 23.9 Å². The third-order valence-electron chi connectivity index (χ3n) is 2.60. The van der Waals surface area contributed by atoms with E-state index in [1.807, 2.05) is 0 Å². The maximum Gasteiger partial charge on any atom is 0.352 e. The van der Waals surface area contributed by atoms with Crippen LogP contribution >= 0.6 is 0 Å². The van der Waals surface area contributed by atoms with Crippen LogP contribution in [0, 0.1) is 22.5 Å². The van der Waals surface area contributed by atoms with Gasteiger partial charge in [-0.25, -0.2) is 9.98 Å². The van der Waals surface area contributed by atoms with E-state index in [1.165, 1.54) is 13.3 Å². The second-order valence-electron chi connectivity index (χ2n) is 6.17. The monoisotopic (exact) mass is 339 g/mol. The molecule has 0 N–H and O–H groups in total. The summed E-state index contributed by atoms with van der Waals surface area (Å²) in [5.41, 5.74) is -1.01. The van der Waals surface area contributed by atoms with Crippen molar-refractivity contribution in [3.05, 3.63) is 15.8 Å². The van der Waals surface area contributed by atoms with Gasteiger partial charge in [-0.05, 0) is 27.7 Å². The Morgan fingerprint density at radius 3 is 2.50 bits per heavy atom. The molecule has 1 heterocycles. The van der Waals surface area contributed by atoms with Crippen LogP contribution in [-0.2, 0) is 9.53 Å². The second kappa shape index (κ2) is 7.66. The van der Waals surface area contributed by atoms with Gasteiger partial charge in [0, 0.05) is 14.1 Å². The summed E-state index contributed by atoms with van der Waals surface area (Å²) in [5, 5.41) is 11.2. The zero-order valence-corrected chi connectivity index (χ0v) is 14.6. The fraction of sp³-hybridized carbons (Fsp3) is 0.571. The molecule has 0 fully saturated rings. The van der Waals surface area contributed by atoms with Crippen LogP contribution in [0.5, 0.6) is 5.88 Å². The number of hydrogen-bond donors (Lipinski definition) is 0. The molecule has 10 nitrogen and oxygen atoms in total. The Morgan fingerprint density at radius 1 is 1.38 bits per heavy atom. The minimum Gasteiger partial charge on any atom is -0.435 e. The SMILES string of the molecule is Cc1nc(/N=C/N(C)C)nc(OCOC(=O)C(C)(C)C)c1[N+](=O)[O-]. The molecule has 1 aromatic heterocycles. The van der Waals surface area contributed by atoms with E-state index in [2.05, 4.69) is 15.0 Å². The van der Waals surface area contributed by atoms with Crippen LogP contribution in [0.2, 0.25) is 0 Å². The molecule has 0 unspecified atom stereocenters. The average Bonchev–Trinajstić information content (AvgIpc) is 2.43. The average molecular weight is 339 g/mol. The molecule has 0 spiro atoms. The second-order valence-corrected chi connectivity index (χ2v) is 6.17. The summed E-state index contributed by atoms with van der Waals surface area (Å²) in [6.07, 6.45) is 1.45. The minimum absolute atomic E-state index is 0.00366. The van der Waals surface area contributed by atoms with Crippen molar-refractivity contribution in [3.63, 3.8) is 0 Å². The highest BCUT2D eigenvalue weighted by Crippen LogP contribution is 2.29. The van der Waals surface area contributed by atoms with Crippen LogP contribution in [0.4, 0.5) is 11.6 Å². The topological polar surface area (TPSA) is 120 Å². The van der Waals surface area contributed by atoms with E-state index in [0.29, 0.717) is 0 Å². The molecule has 1 aromatic rings. The first-order valence-electron chi connectivity index (χ1n) is 7.06. The van der Waals surface area contributed by atoms with E-state index in [4.69, 9.17) is 9.47 Å². The molecule has 0 saturated carbocycles. The first kappa shape index (κ1) is 19.3. The Kier molecular flexibility index (Phi) is 6.15. The molecule has 0 aromatic carbocycles. The summed E-state index contributed by atoms with van der Waals surface area (Å²) in [6, 6.07) is 0. The van der Waals surface area contributed by atoms with Crippen molar-refractivity contribution in [2.24, 2.45) is 10.4 Å². The van der Waals surface area contributed by atoms with Crippen LogP contribution in [0.3, 0.4) is 0 Å². The van der Waals surface area contributed by atoms with Crippen LogP contribution in [0.25, 0.3) is 0 Å². The number of aryl methyl sites for hydroxylation is 1. The number of nitrogens with zero attached hydrogens (tertiary/aromatic N) is 5. The standard InChI is InChI=1S/C14H21N5O5/c1-9-10(19(21)22)11(17-13(16-9)15-7-18(5)6)23-8-24-12(20)14(2,3)4/h7H,8H2,1-6H3/b15-7+. The Bertz CT molecular complexity index is 652. The van der Waals surface area contributed by atoms with Crippen molar-refractivity contribution in [2.45, 2.75) is 27.7 Å². The molecule has 0 atom stereocenters. The van der Waals surface area contributed by atoms with Crippen molar-refractivity contribution in [2.75, 3.05) is 20.9 Å². The van der Waals surface area contributed by atoms with Gasteiger partial charge in [0.05, 0.1) is 16.7 Å². The number of hydrogen-bond acceptors (Lipinski definition) is 8. The quantitative estimate of drug-likeness (QED) is 0.192. The van der Waals surface area contributed by atoms with Gasteiger partial charge in [0.25, 0.3) is 5.95 Å². The number of rotatable bonds is 6. The minimum atomic E-state index is -0.710. The van der Waals surface area contributed by atoms with E-state index in [1.54, 1.807) is 39.8 Å². The van der Waals surface area contributed by atoms with Crippen molar-refractivity contribution in [3.8, 4) is 5.88 Å². The van der Waals surface area contributed by atoms with Crippen LogP contribution in [0.15, 0.2) is 4.99 Å². The lowest BCUT2D eigenvalue weighted by Gasteiger charge is -2.16. The largest absolute Gasteiger partial charge is 0.435 e. The summed E-state index contributed by atoms with van der Waals surface area (Å²) in [4.78, 5) is 35.7. The van der Waals surface area contributed by atoms with Gasteiger partial charge in [0.1, 0.15) is 5.69 Å². The fourth-order valence-electron chi connectivity index (χ4n) is 1.42. The van der Waals surface area contributed by atoms with E-state index in [-0.39, 0.29) is 17.5 Å². The number of ether oxygens (including phenoxy) is 2. The van der Waals surface area contributed by atoms with Crippen LogP contribution in [0.1, 0.15) is 26.5 Å². The van der Waals surface area contributed by atoms with Gasteiger partial charge < -0.3 is 14.4 Å². The van der Waals surface area contributed by atoms with Crippen molar-refractivity contribution in [1.82, 2.24) is 14.9 Å². The Balaban J connectivity index is 3.01. The van der Waals surface area contributed by atoms with Crippen molar-refractivity contribution < 1.29 is 19.2 Å². The van der Waals surface area contributed by atoms with Gasteiger partial charge >= 0.3 is 17.5 Å². The molecule has 0 bridgehead atoms. The Labute approximate surface area is 139 Å². The number of carbonyl (C=O) groups is 1. The van der Waals surface area contributed by atoms with Gasteiger partial charge in [-0.2, -0.15) is 4.98 Å². The third kappa shape index (κ3) is 5.45. The van der Waals surface area contributed by atoms with Crippen LogP contribution < -0.4 is 4.74 Å². The summed E-state index contributed by atoms with van der Waals surface area (Å²) in [7, 11) is 3.51. The molecule has 0 aliphatic rings. The first-order valence-corrected chi connectivity index (χ1v) is 7.06. The van der Waals surface area contributed by atoms with Gasteiger partial charge in [0.2, 0.25) is 6.79 Å². The lowest BCUT2D eigenvalue weighted by Crippen LogP contribution is -2.25. The smallest absolute Gasteiger partial charge is 0.352 e. The molecule has 24 heavy (non-hydrogen) atoms. The predicted molar refractivity (Wildman–Crippen MR) is 86.3 cm³/mol. The summed E-state index contributed by atoms with van der Waals surface area (Å²) < 4.78 is 10.1. The highest BCUT2D eigenvalue weighted by atomic mass is 16.7. The van der Waals surface area contributed by atoms with E-state index in [9.17, 15) is 14.9 Å². The maximum atomic E-state index is 11.7. The summed E-state index contributed by atoms with van der Waals surface area (Å²) in [6.45, 7) is 5.99. The number of carbonyl (C=O) groups excluding carboxylic acids is 1. The molecular weight excluding hydrogens is 318 g/mol. The molecule has 0 saturated heterocycles. The van der Waals surface area contributed by atoms with Gasteiger partial charge in [-0.15, -0.1) is 0 Å². The van der Waals surface area contributed by atoms with E-state index < -0.39 is 28.8 Å². The van der Waals surface area contributed by atoms with Gasteiger partial charge in [0.15, 0.2) is 0 Å². The first-order chi connectivity index (χ1) is 11.0.